The number of nitrogens with zero attached hydrogens (tertiary/aromatic N) is 4. The largest absolute Gasteiger partial charge is 0.357 e. The number of likely N-dealkylation sites (tertiary alicyclic amines) is 1. The van der Waals surface area contributed by atoms with Crippen LogP contribution in [-0.4, -0.2) is 67.0 Å². The maximum Gasteiger partial charge on any atom is 0.193 e. The van der Waals surface area contributed by atoms with Gasteiger partial charge in [0.2, 0.25) is 0 Å². The molecular weight excluding hydrogens is 453 g/mol. The van der Waals surface area contributed by atoms with Crippen LogP contribution in [0.15, 0.2) is 23.7 Å². The highest BCUT2D eigenvalue weighted by Crippen LogP contribution is 2.27. The molecule has 0 radical (unpaired) electrons. The van der Waals surface area contributed by atoms with E-state index in [1.165, 1.54) is 6.26 Å². The van der Waals surface area contributed by atoms with E-state index in [1.54, 1.807) is 0 Å². The lowest BCUT2D eigenvalue weighted by atomic mass is 9.93. The van der Waals surface area contributed by atoms with E-state index in [4.69, 9.17) is 0 Å². The summed E-state index contributed by atoms with van der Waals surface area (Å²) in [4.78, 5) is 11.1. The maximum atomic E-state index is 11.2. The molecule has 0 aliphatic carbocycles. The maximum absolute atomic E-state index is 11.2. The van der Waals surface area contributed by atoms with Crippen LogP contribution >= 0.6 is 24.0 Å². The van der Waals surface area contributed by atoms with Crippen molar-refractivity contribution >= 4 is 39.8 Å². The summed E-state index contributed by atoms with van der Waals surface area (Å²) in [5.74, 6) is 1.65. The highest BCUT2D eigenvalue weighted by Gasteiger charge is 2.28. The minimum absolute atomic E-state index is 0. The zero-order valence-electron chi connectivity index (χ0n) is 15.3. The van der Waals surface area contributed by atoms with Crippen molar-refractivity contribution in [3.8, 4) is 0 Å². The zero-order valence-corrected chi connectivity index (χ0v) is 18.4. The number of imidazole rings is 1. The van der Waals surface area contributed by atoms with Crippen LogP contribution in [0.3, 0.4) is 0 Å². The first-order valence-corrected chi connectivity index (χ1v) is 10.6. The molecule has 2 unspecified atom stereocenters. The van der Waals surface area contributed by atoms with Gasteiger partial charge in [-0.05, 0) is 25.7 Å². The summed E-state index contributed by atoms with van der Waals surface area (Å²) in [6.45, 7) is 7.49. The van der Waals surface area contributed by atoms with Crippen molar-refractivity contribution in [2.24, 2.45) is 10.9 Å². The van der Waals surface area contributed by atoms with Gasteiger partial charge in [0.1, 0.15) is 9.84 Å². The Hall–Kier alpha value is -0.840. The van der Waals surface area contributed by atoms with Crippen molar-refractivity contribution in [3.05, 3.63) is 18.7 Å². The first kappa shape index (κ1) is 22.2. The number of aliphatic imine (C=N–C) groups is 1. The zero-order chi connectivity index (χ0) is 17.6. The van der Waals surface area contributed by atoms with Crippen molar-refractivity contribution in [1.29, 1.82) is 0 Å². The standard InChI is InChI=1S/C16H29N5O2S.HI/c1-4-18-16(19-7-5-11-24(3,22)23)20-9-6-14(2)15(12-20)21-10-8-17-13-21;/h8,10,13-15H,4-7,9,11-12H2,1-3H3,(H,18,19);1H. The highest BCUT2D eigenvalue weighted by atomic mass is 127. The second kappa shape index (κ2) is 10.3. The average Bonchev–Trinajstić information content (AvgIpc) is 3.04. The summed E-state index contributed by atoms with van der Waals surface area (Å²) >= 11 is 0. The van der Waals surface area contributed by atoms with Gasteiger partial charge >= 0.3 is 0 Å². The quantitative estimate of drug-likeness (QED) is 0.289. The fraction of sp³-hybridized carbons (Fsp3) is 0.750. The summed E-state index contributed by atoms with van der Waals surface area (Å²) in [6.07, 6.45) is 8.63. The number of hydrogen-bond acceptors (Lipinski definition) is 4. The molecule has 0 bridgehead atoms. The number of guanidine groups is 1. The summed E-state index contributed by atoms with van der Waals surface area (Å²) in [7, 11) is -2.92. The number of piperidine rings is 1. The normalized spacial score (nSPS) is 21.7. The molecule has 7 nitrogen and oxygen atoms in total. The van der Waals surface area contributed by atoms with Crippen LogP contribution in [0.1, 0.15) is 32.7 Å². The van der Waals surface area contributed by atoms with Gasteiger partial charge in [0.25, 0.3) is 0 Å². The Morgan fingerprint density at radius 1 is 1.44 bits per heavy atom. The SMILES string of the molecule is CCNC(=NCCCS(C)(=O)=O)N1CCC(C)C(n2ccnc2)C1.I. The Morgan fingerprint density at radius 2 is 2.20 bits per heavy atom. The lowest BCUT2D eigenvalue weighted by Gasteiger charge is -2.39. The van der Waals surface area contributed by atoms with Crippen molar-refractivity contribution in [3.63, 3.8) is 0 Å². The number of aromatic nitrogens is 2. The van der Waals surface area contributed by atoms with Gasteiger partial charge in [-0.1, -0.05) is 6.92 Å². The smallest absolute Gasteiger partial charge is 0.193 e. The first-order chi connectivity index (χ1) is 11.4. The number of halogens is 1. The second-order valence-electron chi connectivity index (χ2n) is 6.51. The topological polar surface area (TPSA) is 79.6 Å². The third kappa shape index (κ3) is 7.12. The molecule has 1 aromatic heterocycles. The fourth-order valence-electron chi connectivity index (χ4n) is 3.03. The Labute approximate surface area is 168 Å². The molecule has 1 aromatic rings. The number of hydrogen-bond donors (Lipinski definition) is 1. The molecule has 0 spiro atoms. The predicted molar refractivity (Wildman–Crippen MR) is 112 cm³/mol. The van der Waals surface area contributed by atoms with Crippen LogP contribution in [0, 0.1) is 5.92 Å². The molecule has 25 heavy (non-hydrogen) atoms. The number of nitrogens with one attached hydrogen (secondary N) is 1. The van der Waals surface area contributed by atoms with E-state index in [-0.39, 0.29) is 29.7 Å². The fourth-order valence-corrected chi connectivity index (χ4v) is 3.69. The minimum atomic E-state index is -2.92. The van der Waals surface area contributed by atoms with E-state index in [0.717, 1.165) is 32.0 Å². The monoisotopic (exact) mass is 483 g/mol. The van der Waals surface area contributed by atoms with Crippen molar-refractivity contribution in [1.82, 2.24) is 19.8 Å². The lowest BCUT2D eigenvalue weighted by molar-refractivity contribution is 0.189. The predicted octanol–water partition coefficient (Wildman–Crippen LogP) is 1.78. The number of rotatable bonds is 6. The molecule has 1 aliphatic heterocycles. The first-order valence-electron chi connectivity index (χ1n) is 8.59. The second-order valence-corrected chi connectivity index (χ2v) is 8.77. The third-order valence-corrected chi connectivity index (χ3v) is 5.43. The van der Waals surface area contributed by atoms with E-state index >= 15 is 0 Å². The summed E-state index contributed by atoms with van der Waals surface area (Å²) in [5.41, 5.74) is 0. The number of sulfone groups is 1. The van der Waals surface area contributed by atoms with Crippen molar-refractivity contribution in [2.75, 3.05) is 38.2 Å². The van der Waals surface area contributed by atoms with Crippen molar-refractivity contribution in [2.45, 2.75) is 32.7 Å². The molecule has 1 saturated heterocycles. The molecule has 9 heteroatoms. The molecule has 2 rings (SSSR count). The van der Waals surface area contributed by atoms with Gasteiger partial charge in [-0.15, -0.1) is 24.0 Å². The third-order valence-electron chi connectivity index (χ3n) is 4.40. The van der Waals surface area contributed by atoms with Crippen LogP contribution in [0.2, 0.25) is 0 Å². The Bertz CT molecular complexity index is 633. The van der Waals surface area contributed by atoms with E-state index in [9.17, 15) is 8.42 Å². The molecule has 1 N–H and O–H groups in total. The van der Waals surface area contributed by atoms with Crippen LogP contribution in [0.25, 0.3) is 0 Å². The highest BCUT2D eigenvalue weighted by molar-refractivity contribution is 14.0. The van der Waals surface area contributed by atoms with Gasteiger partial charge in [-0.25, -0.2) is 13.4 Å². The molecule has 2 atom stereocenters. The van der Waals surface area contributed by atoms with E-state index in [0.29, 0.717) is 24.9 Å². The minimum Gasteiger partial charge on any atom is -0.357 e. The van der Waals surface area contributed by atoms with E-state index in [1.807, 2.05) is 25.6 Å². The van der Waals surface area contributed by atoms with Gasteiger partial charge in [0.15, 0.2) is 5.96 Å². The average molecular weight is 483 g/mol. The van der Waals surface area contributed by atoms with E-state index < -0.39 is 9.84 Å². The van der Waals surface area contributed by atoms with Gasteiger partial charge < -0.3 is 14.8 Å². The van der Waals surface area contributed by atoms with Gasteiger partial charge in [0.05, 0.1) is 18.1 Å². The molecule has 1 aliphatic rings. The lowest BCUT2D eigenvalue weighted by Crippen LogP contribution is -2.49. The summed E-state index contributed by atoms with van der Waals surface area (Å²) in [6, 6.07) is 0.376. The molecule has 2 heterocycles. The van der Waals surface area contributed by atoms with Gasteiger partial charge in [-0.3, -0.25) is 4.99 Å². The summed E-state index contributed by atoms with van der Waals surface area (Å²) in [5, 5.41) is 3.33. The summed E-state index contributed by atoms with van der Waals surface area (Å²) < 4.78 is 24.6. The van der Waals surface area contributed by atoms with Crippen LogP contribution in [0.5, 0.6) is 0 Å². The van der Waals surface area contributed by atoms with Gasteiger partial charge in [0, 0.05) is 44.8 Å². The molecular formula is C16H30IN5O2S. The van der Waals surface area contributed by atoms with Crippen LogP contribution < -0.4 is 5.32 Å². The van der Waals surface area contributed by atoms with Gasteiger partial charge in [-0.2, -0.15) is 0 Å². The van der Waals surface area contributed by atoms with E-state index in [2.05, 4.69) is 31.7 Å². The molecule has 0 aromatic carbocycles. The van der Waals surface area contributed by atoms with Crippen molar-refractivity contribution < 1.29 is 8.42 Å². The van der Waals surface area contributed by atoms with Crippen LogP contribution in [-0.2, 0) is 9.84 Å². The molecule has 0 saturated carbocycles. The Kier molecular flexibility index (Phi) is 9.19. The molecule has 0 amide bonds. The Morgan fingerprint density at radius 3 is 2.80 bits per heavy atom. The molecule has 144 valence electrons. The Balaban J connectivity index is 0.00000312. The van der Waals surface area contributed by atoms with Crippen LogP contribution in [0.4, 0.5) is 0 Å². The molecule has 1 fully saturated rings.